The molecule has 1 unspecified atom stereocenters. The van der Waals surface area contributed by atoms with Gasteiger partial charge in [0.1, 0.15) is 10.5 Å². The van der Waals surface area contributed by atoms with E-state index < -0.39 is 21.7 Å². The summed E-state index contributed by atoms with van der Waals surface area (Å²) in [7, 11) is -3.83. The molecule has 2 saturated heterocycles. The molecule has 1 amide bonds. The molecule has 1 spiro atoms. The molecule has 35 heavy (non-hydrogen) atoms. The second-order valence-electron chi connectivity index (χ2n) is 8.77. The van der Waals surface area contributed by atoms with Crippen molar-refractivity contribution in [1.29, 1.82) is 5.26 Å². The van der Waals surface area contributed by atoms with Gasteiger partial charge >= 0.3 is 6.09 Å². The van der Waals surface area contributed by atoms with Crippen LogP contribution in [0.1, 0.15) is 38.5 Å². The van der Waals surface area contributed by atoms with Gasteiger partial charge in [0.15, 0.2) is 0 Å². The molecule has 0 saturated carbocycles. The zero-order valence-corrected chi connectivity index (χ0v) is 21.3. The third-order valence-corrected chi connectivity index (χ3v) is 8.98. The van der Waals surface area contributed by atoms with Gasteiger partial charge in [-0.1, -0.05) is 28.4 Å². The van der Waals surface area contributed by atoms with Crippen LogP contribution in [0.4, 0.5) is 4.79 Å². The lowest BCUT2D eigenvalue weighted by atomic mass is 9.89. The molecule has 13 heteroatoms. The third-order valence-electron chi connectivity index (χ3n) is 6.36. The smallest absolute Gasteiger partial charge is 0.392 e. The number of halogens is 2. The van der Waals surface area contributed by atoms with Crippen molar-refractivity contribution in [3.8, 4) is 6.07 Å². The van der Waals surface area contributed by atoms with Crippen LogP contribution >= 0.6 is 23.2 Å². The average molecular weight is 545 g/mol. The van der Waals surface area contributed by atoms with Crippen molar-refractivity contribution >= 4 is 45.2 Å². The van der Waals surface area contributed by atoms with Gasteiger partial charge in [0.05, 0.1) is 36.6 Å². The van der Waals surface area contributed by atoms with Gasteiger partial charge in [-0.2, -0.15) is 9.57 Å². The molecule has 0 aliphatic carbocycles. The standard InChI is InChI=1S/C22H26Cl2N4O6S/c23-16-4-5-18(24)19(13-16)35(30,31)28-10-6-22(7-11-28)14-20(26-34-22)33-21(29)27(9-2-8-25)15-17-3-1-12-32-17/h4-5,13,17H,1-3,6-7,9-12,14-15H2. The first kappa shape index (κ1) is 26.0. The number of carbonyl (C=O) groups excluding carboxylic acids is 1. The lowest BCUT2D eigenvalue weighted by Gasteiger charge is -2.36. The predicted molar refractivity (Wildman–Crippen MR) is 128 cm³/mol. The summed E-state index contributed by atoms with van der Waals surface area (Å²) in [6.45, 7) is 1.61. The van der Waals surface area contributed by atoms with Crippen molar-refractivity contribution in [2.75, 3.05) is 32.8 Å². The predicted octanol–water partition coefficient (Wildman–Crippen LogP) is 3.78. The summed E-state index contributed by atoms with van der Waals surface area (Å²) in [6, 6.07) is 6.36. The number of sulfonamides is 1. The van der Waals surface area contributed by atoms with Crippen LogP contribution in [-0.4, -0.2) is 74.1 Å². The Morgan fingerprint density at radius 2 is 2.11 bits per heavy atom. The van der Waals surface area contributed by atoms with Crippen molar-refractivity contribution in [3.05, 3.63) is 28.2 Å². The Morgan fingerprint density at radius 3 is 2.80 bits per heavy atom. The summed E-state index contributed by atoms with van der Waals surface area (Å²) in [6.07, 6.45) is 2.26. The number of oxime groups is 1. The zero-order chi connectivity index (χ0) is 25.1. The van der Waals surface area contributed by atoms with Crippen LogP contribution in [-0.2, 0) is 24.3 Å². The second kappa shape index (κ2) is 10.9. The molecule has 10 nitrogen and oxygen atoms in total. The number of nitriles is 1. The highest BCUT2D eigenvalue weighted by Gasteiger charge is 2.46. The highest BCUT2D eigenvalue weighted by Crippen LogP contribution is 2.37. The summed E-state index contributed by atoms with van der Waals surface area (Å²) in [5.41, 5.74) is -0.744. The van der Waals surface area contributed by atoms with Crippen molar-refractivity contribution in [2.45, 2.75) is 55.1 Å². The number of hydrogen-bond donors (Lipinski definition) is 0. The summed E-state index contributed by atoms with van der Waals surface area (Å²) in [4.78, 5) is 19.8. The minimum atomic E-state index is -3.83. The lowest BCUT2D eigenvalue weighted by Crippen LogP contribution is -2.47. The van der Waals surface area contributed by atoms with Crippen LogP contribution in [0.2, 0.25) is 10.0 Å². The second-order valence-corrected chi connectivity index (χ2v) is 11.5. The Bertz CT molecular complexity index is 1130. The normalized spacial score (nSPS) is 21.9. The van der Waals surface area contributed by atoms with Crippen LogP contribution in [0.5, 0.6) is 0 Å². The molecule has 0 N–H and O–H groups in total. The van der Waals surface area contributed by atoms with Gasteiger partial charge in [0.25, 0.3) is 0 Å². The Labute approximate surface area is 214 Å². The highest BCUT2D eigenvalue weighted by molar-refractivity contribution is 7.89. The molecule has 2 fully saturated rings. The van der Waals surface area contributed by atoms with Gasteiger partial charge in [-0.3, -0.25) is 0 Å². The first-order chi connectivity index (χ1) is 16.7. The van der Waals surface area contributed by atoms with Gasteiger partial charge in [0.2, 0.25) is 15.9 Å². The molecule has 0 radical (unpaired) electrons. The fourth-order valence-electron chi connectivity index (χ4n) is 4.40. The SMILES string of the molecule is N#CCCN(CC1CCCO1)C(=O)OC1=NOC2(CCN(S(=O)(=O)c3cc(Cl)ccc3Cl)CC2)C1. The van der Waals surface area contributed by atoms with E-state index >= 15 is 0 Å². The summed E-state index contributed by atoms with van der Waals surface area (Å²) < 4.78 is 38.6. The molecule has 4 rings (SSSR count). The number of amides is 1. The molecule has 3 heterocycles. The molecular formula is C22H26Cl2N4O6S. The largest absolute Gasteiger partial charge is 0.416 e. The van der Waals surface area contributed by atoms with Gasteiger partial charge in [-0.15, -0.1) is 0 Å². The molecule has 1 atom stereocenters. The number of ether oxygens (including phenoxy) is 2. The minimum absolute atomic E-state index is 0.0375. The highest BCUT2D eigenvalue weighted by atomic mass is 35.5. The maximum atomic E-state index is 13.1. The molecule has 0 bridgehead atoms. The molecule has 190 valence electrons. The fraction of sp³-hybridized carbons (Fsp3) is 0.591. The number of nitrogens with zero attached hydrogens (tertiary/aromatic N) is 4. The van der Waals surface area contributed by atoms with E-state index in [2.05, 4.69) is 5.16 Å². The molecule has 3 aliphatic rings. The van der Waals surface area contributed by atoms with Crippen LogP contribution in [0.15, 0.2) is 28.3 Å². The summed E-state index contributed by atoms with van der Waals surface area (Å²) in [5, 5.41) is 13.3. The molecule has 3 aliphatic heterocycles. The van der Waals surface area contributed by atoms with Crippen molar-refractivity contribution in [2.24, 2.45) is 5.16 Å². The first-order valence-corrected chi connectivity index (χ1v) is 13.6. The van der Waals surface area contributed by atoms with Crippen molar-refractivity contribution < 1.29 is 27.5 Å². The van der Waals surface area contributed by atoms with Gasteiger partial charge in [-0.25, -0.2) is 13.2 Å². The fourth-order valence-corrected chi connectivity index (χ4v) is 6.58. The maximum Gasteiger partial charge on any atom is 0.416 e. The van der Waals surface area contributed by atoms with E-state index in [1.807, 2.05) is 6.07 Å². The van der Waals surface area contributed by atoms with E-state index in [9.17, 15) is 13.2 Å². The maximum absolute atomic E-state index is 13.1. The Hall–Kier alpha value is -2.10. The van der Waals surface area contributed by atoms with E-state index in [-0.39, 0.29) is 59.4 Å². The molecule has 0 aromatic heterocycles. The van der Waals surface area contributed by atoms with Crippen molar-refractivity contribution in [3.63, 3.8) is 0 Å². The van der Waals surface area contributed by atoms with Gasteiger partial charge in [0, 0.05) is 44.1 Å². The minimum Gasteiger partial charge on any atom is -0.392 e. The molecule has 1 aromatic rings. The topological polar surface area (TPSA) is 122 Å². The lowest BCUT2D eigenvalue weighted by molar-refractivity contribution is -0.0506. The van der Waals surface area contributed by atoms with Crippen molar-refractivity contribution in [1.82, 2.24) is 9.21 Å². The monoisotopic (exact) mass is 544 g/mol. The van der Waals surface area contributed by atoms with Gasteiger partial charge < -0.3 is 19.2 Å². The van der Waals surface area contributed by atoms with Crippen LogP contribution in [0.3, 0.4) is 0 Å². The Morgan fingerprint density at radius 1 is 1.34 bits per heavy atom. The zero-order valence-electron chi connectivity index (χ0n) is 19.0. The number of rotatable bonds is 6. The molecular weight excluding hydrogens is 519 g/mol. The summed E-state index contributed by atoms with van der Waals surface area (Å²) in [5.74, 6) is 0.137. The Balaban J connectivity index is 1.33. The summed E-state index contributed by atoms with van der Waals surface area (Å²) >= 11 is 12.1. The van der Waals surface area contributed by atoms with Crippen LogP contribution in [0, 0.1) is 11.3 Å². The Kier molecular flexibility index (Phi) is 8.08. The van der Waals surface area contributed by atoms with E-state index in [4.69, 9.17) is 42.8 Å². The van der Waals surface area contributed by atoms with Crippen LogP contribution < -0.4 is 0 Å². The number of hydrogen-bond acceptors (Lipinski definition) is 8. The van der Waals surface area contributed by atoms with E-state index in [0.717, 1.165) is 12.8 Å². The number of benzene rings is 1. The third kappa shape index (κ3) is 6.01. The van der Waals surface area contributed by atoms with E-state index in [0.29, 0.717) is 26.0 Å². The van der Waals surface area contributed by atoms with E-state index in [1.165, 1.54) is 27.4 Å². The number of piperidine rings is 1. The van der Waals surface area contributed by atoms with Gasteiger partial charge in [-0.05, 0) is 31.0 Å². The quantitative estimate of drug-likeness (QED) is 0.533. The molecule has 1 aromatic carbocycles. The van der Waals surface area contributed by atoms with E-state index in [1.54, 1.807) is 0 Å². The number of carbonyl (C=O) groups is 1. The van der Waals surface area contributed by atoms with Crippen LogP contribution in [0.25, 0.3) is 0 Å². The first-order valence-electron chi connectivity index (χ1n) is 11.4. The average Bonchev–Trinajstić information content (AvgIpc) is 3.48.